The normalized spacial score (nSPS) is 33.2. The van der Waals surface area contributed by atoms with Crippen molar-refractivity contribution in [2.75, 3.05) is 19.6 Å². The molecule has 5 nitrogen and oxygen atoms in total. The quantitative estimate of drug-likeness (QED) is 0.825. The number of nitrogens with one attached hydrogen (secondary N) is 1. The number of carbonyl (C=O) groups is 2. The summed E-state index contributed by atoms with van der Waals surface area (Å²) in [4.78, 5) is 27.7. The minimum Gasteiger partial charge on any atom is -0.311 e. The van der Waals surface area contributed by atoms with Gasteiger partial charge >= 0.3 is 0 Å². The standard InChI is InChI=1S/C15H25N3O2/c1-2-17(10-15(20)18-7-3-4-14(18)19)13-8-11-5-6-12(9-13)16-11/h11-13,16H,2-10H2,1H3. The minimum atomic E-state index is 0.000213. The molecular formula is C15H25N3O2. The van der Waals surface area contributed by atoms with Crippen LogP contribution in [0.2, 0.25) is 0 Å². The minimum absolute atomic E-state index is 0.000213. The molecule has 0 saturated carbocycles. The molecule has 0 aromatic heterocycles. The molecule has 3 aliphatic heterocycles. The van der Waals surface area contributed by atoms with Crippen molar-refractivity contribution in [1.29, 1.82) is 0 Å². The van der Waals surface area contributed by atoms with Crippen molar-refractivity contribution in [2.24, 2.45) is 0 Å². The van der Waals surface area contributed by atoms with E-state index < -0.39 is 0 Å². The molecule has 0 aliphatic carbocycles. The molecular weight excluding hydrogens is 254 g/mol. The van der Waals surface area contributed by atoms with Crippen LogP contribution in [0.15, 0.2) is 0 Å². The Balaban J connectivity index is 1.59. The molecule has 2 amide bonds. The van der Waals surface area contributed by atoms with E-state index in [9.17, 15) is 9.59 Å². The van der Waals surface area contributed by atoms with Crippen LogP contribution in [0.25, 0.3) is 0 Å². The smallest absolute Gasteiger partial charge is 0.243 e. The number of piperidine rings is 1. The van der Waals surface area contributed by atoms with E-state index in [0.29, 0.717) is 37.6 Å². The fourth-order valence-corrected chi connectivity index (χ4v) is 4.00. The second kappa shape index (κ2) is 5.82. The van der Waals surface area contributed by atoms with Crippen LogP contribution in [0, 0.1) is 0 Å². The van der Waals surface area contributed by atoms with E-state index in [-0.39, 0.29) is 11.8 Å². The number of fused-ring (bicyclic) bond motifs is 2. The highest BCUT2D eigenvalue weighted by atomic mass is 16.2. The average Bonchev–Trinajstić information content (AvgIpc) is 3.01. The van der Waals surface area contributed by atoms with Gasteiger partial charge in [-0.25, -0.2) is 0 Å². The maximum absolute atomic E-state index is 12.3. The molecule has 3 saturated heterocycles. The molecule has 20 heavy (non-hydrogen) atoms. The fraction of sp³-hybridized carbons (Fsp3) is 0.867. The molecule has 2 unspecified atom stereocenters. The number of carbonyl (C=O) groups excluding carboxylic acids is 2. The lowest BCUT2D eigenvalue weighted by molar-refractivity contribution is -0.143. The van der Waals surface area contributed by atoms with Crippen LogP contribution in [0.3, 0.4) is 0 Å². The Labute approximate surface area is 120 Å². The summed E-state index contributed by atoms with van der Waals surface area (Å²) in [5.74, 6) is 0.0108. The van der Waals surface area contributed by atoms with E-state index in [2.05, 4.69) is 17.1 Å². The highest BCUT2D eigenvalue weighted by Gasteiger charge is 2.37. The summed E-state index contributed by atoms with van der Waals surface area (Å²) < 4.78 is 0. The largest absolute Gasteiger partial charge is 0.311 e. The van der Waals surface area contributed by atoms with Crippen LogP contribution >= 0.6 is 0 Å². The zero-order valence-electron chi connectivity index (χ0n) is 12.3. The first-order valence-electron chi connectivity index (χ1n) is 8.00. The Morgan fingerprint density at radius 3 is 2.60 bits per heavy atom. The van der Waals surface area contributed by atoms with Crippen molar-refractivity contribution in [2.45, 2.75) is 63.6 Å². The zero-order chi connectivity index (χ0) is 14.1. The topological polar surface area (TPSA) is 52.7 Å². The van der Waals surface area contributed by atoms with Crippen molar-refractivity contribution >= 4 is 11.8 Å². The number of hydrogen-bond donors (Lipinski definition) is 1. The zero-order valence-corrected chi connectivity index (χ0v) is 12.3. The van der Waals surface area contributed by atoms with Gasteiger partial charge in [0.1, 0.15) is 0 Å². The van der Waals surface area contributed by atoms with E-state index in [1.807, 2.05) is 0 Å². The molecule has 2 atom stereocenters. The highest BCUT2D eigenvalue weighted by molar-refractivity contribution is 5.97. The van der Waals surface area contributed by atoms with Gasteiger partial charge in [-0.05, 0) is 38.6 Å². The SMILES string of the molecule is CCN(CC(=O)N1CCCC1=O)C1CC2CCC(C1)N2. The number of likely N-dealkylation sites (tertiary alicyclic amines) is 1. The Hall–Kier alpha value is -0.940. The predicted octanol–water partition coefficient (Wildman–Crippen LogP) is 0.740. The molecule has 3 aliphatic rings. The summed E-state index contributed by atoms with van der Waals surface area (Å²) in [6.45, 7) is 4.03. The molecule has 0 radical (unpaired) electrons. The van der Waals surface area contributed by atoms with Crippen LogP contribution in [0.5, 0.6) is 0 Å². The summed E-state index contributed by atoms with van der Waals surface area (Å²) in [5, 5.41) is 3.64. The summed E-state index contributed by atoms with van der Waals surface area (Å²) >= 11 is 0. The van der Waals surface area contributed by atoms with Crippen LogP contribution in [-0.4, -0.2) is 59.4 Å². The number of hydrogen-bond acceptors (Lipinski definition) is 4. The Bertz CT molecular complexity index is 387. The van der Waals surface area contributed by atoms with Gasteiger partial charge in [-0.15, -0.1) is 0 Å². The first-order valence-corrected chi connectivity index (χ1v) is 8.00. The first kappa shape index (κ1) is 14.0. The Kier molecular flexibility index (Phi) is 4.08. The summed E-state index contributed by atoms with van der Waals surface area (Å²) in [6.07, 6.45) is 6.20. The lowest BCUT2D eigenvalue weighted by Gasteiger charge is -2.37. The van der Waals surface area contributed by atoms with E-state index in [4.69, 9.17) is 0 Å². The van der Waals surface area contributed by atoms with Crippen molar-refractivity contribution in [3.8, 4) is 0 Å². The van der Waals surface area contributed by atoms with Crippen molar-refractivity contribution < 1.29 is 9.59 Å². The molecule has 112 valence electrons. The van der Waals surface area contributed by atoms with Gasteiger partial charge in [0.15, 0.2) is 0 Å². The molecule has 0 aromatic rings. The lowest BCUT2D eigenvalue weighted by atomic mass is 9.98. The molecule has 0 spiro atoms. The Morgan fingerprint density at radius 1 is 1.35 bits per heavy atom. The van der Waals surface area contributed by atoms with Crippen LogP contribution in [0.1, 0.15) is 45.4 Å². The molecule has 3 rings (SSSR count). The maximum Gasteiger partial charge on any atom is 0.243 e. The van der Waals surface area contributed by atoms with E-state index >= 15 is 0 Å². The molecule has 5 heteroatoms. The van der Waals surface area contributed by atoms with E-state index in [0.717, 1.165) is 25.8 Å². The van der Waals surface area contributed by atoms with Gasteiger partial charge in [0, 0.05) is 31.1 Å². The van der Waals surface area contributed by atoms with Crippen LogP contribution in [-0.2, 0) is 9.59 Å². The van der Waals surface area contributed by atoms with Gasteiger partial charge in [0.25, 0.3) is 0 Å². The molecule has 1 N–H and O–H groups in total. The van der Waals surface area contributed by atoms with Gasteiger partial charge in [-0.1, -0.05) is 6.92 Å². The van der Waals surface area contributed by atoms with Crippen LogP contribution < -0.4 is 5.32 Å². The molecule has 0 aromatic carbocycles. The second-order valence-electron chi connectivity index (χ2n) is 6.37. The number of rotatable bonds is 4. The third-order valence-electron chi connectivity index (χ3n) is 5.08. The highest BCUT2D eigenvalue weighted by Crippen LogP contribution is 2.29. The predicted molar refractivity (Wildman–Crippen MR) is 76.2 cm³/mol. The van der Waals surface area contributed by atoms with Crippen molar-refractivity contribution in [1.82, 2.24) is 15.1 Å². The van der Waals surface area contributed by atoms with Crippen molar-refractivity contribution in [3.63, 3.8) is 0 Å². The third-order valence-corrected chi connectivity index (χ3v) is 5.08. The van der Waals surface area contributed by atoms with Gasteiger partial charge in [-0.3, -0.25) is 19.4 Å². The second-order valence-corrected chi connectivity index (χ2v) is 6.37. The van der Waals surface area contributed by atoms with Gasteiger partial charge in [0.2, 0.25) is 11.8 Å². The van der Waals surface area contributed by atoms with Gasteiger partial charge in [0.05, 0.1) is 6.54 Å². The van der Waals surface area contributed by atoms with E-state index in [1.54, 1.807) is 0 Å². The summed E-state index contributed by atoms with van der Waals surface area (Å²) in [7, 11) is 0. The fourth-order valence-electron chi connectivity index (χ4n) is 4.00. The van der Waals surface area contributed by atoms with Gasteiger partial charge < -0.3 is 5.32 Å². The van der Waals surface area contributed by atoms with E-state index in [1.165, 1.54) is 17.7 Å². The Morgan fingerprint density at radius 2 is 2.05 bits per heavy atom. The summed E-state index contributed by atoms with van der Waals surface area (Å²) in [6, 6.07) is 1.77. The van der Waals surface area contributed by atoms with Crippen molar-refractivity contribution in [3.05, 3.63) is 0 Å². The third kappa shape index (κ3) is 2.74. The van der Waals surface area contributed by atoms with Gasteiger partial charge in [-0.2, -0.15) is 0 Å². The molecule has 3 heterocycles. The number of nitrogens with zero attached hydrogens (tertiary/aromatic N) is 2. The molecule has 3 fully saturated rings. The first-order chi connectivity index (χ1) is 9.67. The number of imide groups is 1. The monoisotopic (exact) mass is 279 g/mol. The maximum atomic E-state index is 12.3. The number of amides is 2. The lowest BCUT2D eigenvalue weighted by Crippen LogP contribution is -2.51. The molecule has 2 bridgehead atoms. The number of likely N-dealkylation sites (N-methyl/N-ethyl adjacent to an activating group) is 1. The summed E-state index contributed by atoms with van der Waals surface area (Å²) in [5.41, 5.74) is 0. The van der Waals surface area contributed by atoms with Crippen LogP contribution in [0.4, 0.5) is 0 Å². The average molecular weight is 279 g/mol.